The van der Waals surface area contributed by atoms with E-state index in [0.29, 0.717) is 23.6 Å². The Hall–Kier alpha value is -2.08. The van der Waals surface area contributed by atoms with E-state index >= 15 is 0 Å². The van der Waals surface area contributed by atoms with Crippen molar-refractivity contribution in [3.05, 3.63) is 30.0 Å². The highest BCUT2D eigenvalue weighted by atomic mass is 32.1. The van der Waals surface area contributed by atoms with Crippen molar-refractivity contribution in [2.24, 2.45) is 5.73 Å². The molecule has 0 radical (unpaired) electrons. The van der Waals surface area contributed by atoms with Crippen LogP contribution in [-0.4, -0.2) is 24.0 Å². The minimum Gasteiger partial charge on any atom is -0.479 e. The number of ether oxygens (including phenoxy) is 1. The molecule has 1 aromatic heterocycles. The van der Waals surface area contributed by atoms with Gasteiger partial charge in [-0.25, -0.2) is 0 Å². The van der Waals surface area contributed by atoms with Crippen LogP contribution >= 0.6 is 12.2 Å². The Kier molecular flexibility index (Phi) is 4.01. The zero-order chi connectivity index (χ0) is 13.8. The number of para-hydroxylation sites is 1. The third-order valence-electron chi connectivity index (χ3n) is 2.50. The molecule has 2 rings (SSSR count). The number of hydrogen-bond donors (Lipinski definition) is 2. The largest absolute Gasteiger partial charge is 0.479 e. The molecule has 0 bridgehead atoms. The summed E-state index contributed by atoms with van der Waals surface area (Å²) in [5.74, 6) is 0.497. The molecule has 0 unspecified atom stereocenters. The zero-order valence-corrected chi connectivity index (χ0v) is 11.3. The molecule has 0 fully saturated rings. The fourth-order valence-electron chi connectivity index (χ4n) is 1.71. The summed E-state index contributed by atoms with van der Waals surface area (Å²) in [6.07, 6.45) is 0. The summed E-state index contributed by atoms with van der Waals surface area (Å²) in [5, 5.41) is 3.39. The minimum absolute atomic E-state index is 0.0992. The van der Waals surface area contributed by atoms with E-state index in [0.717, 1.165) is 5.39 Å². The number of likely N-dealkylation sites (N-methyl/N-ethyl adjacent to an activating group) is 1. The third-order valence-corrected chi connectivity index (χ3v) is 2.68. The Morgan fingerprint density at radius 2 is 2.21 bits per heavy atom. The Morgan fingerprint density at radius 1 is 1.47 bits per heavy atom. The number of rotatable bonds is 5. The van der Waals surface area contributed by atoms with Crippen LogP contribution in [-0.2, 0) is 4.79 Å². The SMILES string of the molecule is CCNC(=O)COc1c(C(N)=S)oc2ccccc12. The van der Waals surface area contributed by atoms with Crippen molar-refractivity contribution in [1.82, 2.24) is 5.32 Å². The second-order valence-corrected chi connectivity index (χ2v) is 4.30. The van der Waals surface area contributed by atoms with Gasteiger partial charge in [-0.05, 0) is 19.1 Å². The molecule has 0 aliphatic carbocycles. The topological polar surface area (TPSA) is 77.5 Å². The number of nitrogens with two attached hydrogens (primary N) is 1. The van der Waals surface area contributed by atoms with Gasteiger partial charge in [0.05, 0.1) is 5.39 Å². The Bertz CT molecular complexity index is 621. The fraction of sp³-hybridized carbons (Fsp3) is 0.231. The zero-order valence-electron chi connectivity index (χ0n) is 10.4. The second kappa shape index (κ2) is 5.71. The molecule has 0 aliphatic rings. The average Bonchev–Trinajstić information content (AvgIpc) is 2.75. The van der Waals surface area contributed by atoms with Gasteiger partial charge in [0.1, 0.15) is 10.6 Å². The molecule has 0 aliphatic heterocycles. The summed E-state index contributed by atoms with van der Waals surface area (Å²) in [5.41, 5.74) is 6.22. The van der Waals surface area contributed by atoms with Crippen LogP contribution in [0.25, 0.3) is 11.0 Å². The Balaban J connectivity index is 2.31. The van der Waals surface area contributed by atoms with Crippen molar-refractivity contribution < 1.29 is 13.9 Å². The summed E-state index contributed by atoms with van der Waals surface area (Å²) < 4.78 is 11.0. The average molecular weight is 278 g/mol. The van der Waals surface area contributed by atoms with E-state index in [2.05, 4.69) is 5.32 Å². The van der Waals surface area contributed by atoms with Crippen LogP contribution in [0.2, 0.25) is 0 Å². The van der Waals surface area contributed by atoms with Crippen LogP contribution in [0.1, 0.15) is 12.7 Å². The van der Waals surface area contributed by atoms with Gasteiger partial charge in [0, 0.05) is 6.54 Å². The predicted molar refractivity (Wildman–Crippen MR) is 76.3 cm³/mol. The maximum Gasteiger partial charge on any atom is 0.257 e. The number of amides is 1. The van der Waals surface area contributed by atoms with Gasteiger partial charge >= 0.3 is 0 Å². The number of fused-ring (bicyclic) bond motifs is 1. The third kappa shape index (κ3) is 2.85. The summed E-state index contributed by atoms with van der Waals surface area (Å²) in [6, 6.07) is 7.30. The molecule has 0 saturated heterocycles. The number of nitrogens with one attached hydrogen (secondary N) is 1. The number of hydrogen-bond acceptors (Lipinski definition) is 4. The van der Waals surface area contributed by atoms with E-state index in [1.807, 2.05) is 25.1 Å². The molecular weight excluding hydrogens is 264 g/mol. The van der Waals surface area contributed by atoms with Crippen molar-refractivity contribution in [1.29, 1.82) is 0 Å². The molecule has 1 heterocycles. The number of carbonyl (C=O) groups is 1. The van der Waals surface area contributed by atoms with E-state index < -0.39 is 0 Å². The second-order valence-electron chi connectivity index (χ2n) is 3.86. The Labute approximate surface area is 115 Å². The summed E-state index contributed by atoms with van der Waals surface area (Å²) in [4.78, 5) is 11.5. The molecule has 0 spiro atoms. The van der Waals surface area contributed by atoms with Gasteiger partial charge < -0.3 is 20.2 Å². The molecule has 1 amide bonds. The van der Waals surface area contributed by atoms with Crippen LogP contribution in [0.4, 0.5) is 0 Å². The predicted octanol–water partition coefficient (Wildman–Crippen LogP) is 1.58. The molecule has 0 saturated carbocycles. The van der Waals surface area contributed by atoms with Crippen molar-refractivity contribution in [3.8, 4) is 5.75 Å². The Morgan fingerprint density at radius 3 is 2.89 bits per heavy atom. The monoisotopic (exact) mass is 278 g/mol. The molecule has 3 N–H and O–H groups in total. The summed E-state index contributed by atoms with van der Waals surface area (Å²) in [7, 11) is 0. The minimum atomic E-state index is -0.207. The lowest BCUT2D eigenvalue weighted by atomic mass is 10.2. The van der Waals surface area contributed by atoms with Crippen molar-refractivity contribution in [2.45, 2.75) is 6.92 Å². The van der Waals surface area contributed by atoms with Gasteiger partial charge in [0.25, 0.3) is 5.91 Å². The quantitative estimate of drug-likeness (QED) is 0.812. The highest BCUT2D eigenvalue weighted by Crippen LogP contribution is 2.32. The van der Waals surface area contributed by atoms with Gasteiger partial charge in [-0.2, -0.15) is 0 Å². The smallest absolute Gasteiger partial charge is 0.257 e. The molecule has 1 aromatic carbocycles. The van der Waals surface area contributed by atoms with Crippen LogP contribution in [0.15, 0.2) is 28.7 Å². The number of thiocarbonyl (C=S) groups is 1. The van der Waals surface area contributed by atoms with E-state index in [1.165, 1.54) is 0 Å². The van der Waals surface area contributed by atoms with Gasteiger partial charge in [-0.3, -0.25) is 4.79 Å². The number of carbonyl (C=O) groups excluding carboxylic acids is 1. The maximum atomic E-state index is 11.4. The lowest BCUT2D eigenvalue weighted by Crippen LogP contribution is -2.28. The first-order valence-electron chi connectivity index (χ1n) is 5.84. The highest BCUT2D eigenvalue weighted by Gasteiger charge is 2.18. The molecule has 0 atom stereocenters. The lowest BCUT2D eigenvalue weighted by molar-refractivity contribution is -0.122. The first-order chi connectivity index (χ1) is 9.13. The van der Waals surface area contributed by atoms with E-state index in [-0.39, 0.29) is 17.5 Å². The molecule has 2 aromatic rings. The molecule has 5 nitrogen and oxygen atoms in total. The summed E-state index contributed by atoms with van der Waals surface area (Å²) in [6.45, 7) is 2.29. The van der Waals surface area contributed by atoms with Crippen molar-refractivity contribution in [3.63, 3.8) is 0 Å². The molecule has 19 heavy (non-hydrogen) atoms. The van der Waals surface area contributed by atoms with Gasteiger partial charge in [0.2, 0.25) is 5.76 Å². The molecule has 6 heteroatoms. The first kappa shape index (κ1) is 13.4. The van der Waals surface area contributed by atoms with E-state index in [4.69, 9.17) is 27.1 Å². The van der Waals surface area contributed by atoms with Gasteiger partial charge in [0.15, 0.2) is 12.4 Å². The lowest BCUT2D eigenvalue weighted by Gasteiger charge is -2.06. The van der Waals surface area contributed by atoms with E-state index in [1.54, 1.807) is 6.07 Å². The number of furan rings is 1. The fourth-order valence-corrected chi connectivity index (χ4v) is 1.85. The maximum absolute atomic E-state index is 11.4. The van der Waals surface area contributed by atoms with Crippen LogP contribution in [0.3, 0.4) is 0 Å². The van der Waals surface area contributed by atoms with Crippen molar-refractivity contribution in [2.75, 3.05) is 13.2 Å². The normalized spacial score (nSPS) is 10.4. The number of benzene rings is 1. The van der Waals surface area contributed by atoms with E-state index in [9.17, 15) is 4.79 Å². The van der Waals surface area contributed by atoms with Crippen LogP contribution in [0, 0.1) is 0 Å². The van der Waals surface area contributed by atoms with Gasteiger partial charge in [-0.15, -0.1) is 0 Å². The highest BCUT2D eigenvalue weighted by molar-refractivity contribution is 7.80. The summed E-state index contributed by atoms with van der Waals surface area (Å²) >= 11 is 4.93. The standard InChI is InChI=1S/C13H14N2O3S/c1-2-15-10(16)7-17-11-8-5-3-4-6-9(8)18-12(11)13(14)19/h3-6H,2,7H2,1H3,(H2,14,19)(H,15,16). The first-order valence-corrected chi connectivity index (χ1v) is 6.25. The molecule has 100 valence electrons. The van der Waals surface area contributed by atoms with Crippen LogP contribution in [0.5, 0.6) is 5.75 Å². The van der Waals surface area contributed by atoms with Crippen LogP contribution < -0.4 is 15.8 Å². The molecular formula is C13H14N2O3S. The van der Waals surface area contributed by atoms with Crippen molar-refractivity contribution >= 4 is 34.1 Å². The van der Waals surface area contributed by atoms with Gasteiger partial charge in [-0.1, -0.05) is 24.4 Å².